The monoisotopic (exact) mass is 316 g/mol. The molecule has 1 aliphatic rings. The molecule has 118 valence electrons. The molecule has 21 heavy (non-hydrogen) atoms. The number of nitrogens with one attached hydrogen (secondary N) is 1. The van der Waals surface area contributed by atoms with Crippen LogP contribution in [0.3, 0.4) is 0 Å². The van der Waals surface area contributed by atoms with Crippen molar-refractivity contribution in [2.45, 2.75) is 19.1 Å². The molecule has 0 aromatic heterocycles. The van der Waals surface area contributed by atoms with E-state index in [0.717, 1.165) is 13.1 Å². The van der Waals surface area contributed by atoms with E-state index in [1.807, 2.05) is 0 Å². The number of hydrogen-bond donors (Lipinski definition) is 2. The summed E-state index contributed by atoms with van der Waals surface area (Å²) in [6.45, 7) is 6.15. The van der Waals surface area contributed by atoms with E-state index in [0.29, 0.717) is 38.4 Å². The van der Waals surface area contributed by atoms with Gasteiger partial charge in [0.15, 0.2) is 0 Å². The maximum Gasteiger partial charge on any atom is 0.146 e. The van der Waals surface area contributed by atoms with Gasteiger partial charge in [-0.25, -0.2) is 4.39 Å². The molecule has 1 aromatic rings. The molecular weight excluding hydrogens is 295 g/mol. The first-order valence-corrected chi connectivity index (χ1v) is 7.52. The number of ether oxygens (including phenoxy) is 1. The highest BCUT2D eigenvalue weighted by atomic mass is 35.5. The number of hydrogen-bond acceptors (Lipinski definition) is 4. The van der Waals surface area contributed by atoms with Gasteiger partial charge in [-0.2, -0.15) is 0 Å². The second kappa shape index (κ2) is 7.51. The zero-order chi connectivity index (χ0) is 15.3. The molecule has 0 saturated carbocycles. The Bertz CT molecular complexity index is 465. The Morgan fingerprint density at radius 3 is 2.86 bits per heavy atom. The van der Waals surface area contributed by atoms with Gasteiger partial charge in [-0.05, 0) is 13.0 Å². The van der Waals surface area contributed by atoms with Gasteiger partial charge in [0.05, 0.1) is 23.8 Å². The van der Waals surface area contributed by atoms with Gasteiger partial charge in [-0.1, -0.05) is 23.7 Å². The fourth-order valence-corrected chi connectivity index (χ4v) is 2.64. The Morgan fingerprint density at radius 2 is 2.14 bits per heavy atom. The van der Waals surface area contributed by atoms with E-state index >= 15 is 0 Å². The molecule has 1 fully saturated rings. The summed E-state index contributed by atoms with van der Waals surface area (Å²) in [5.74, 6) is -0.403. The lowest BCUT2D eigenvalue weighted by molar-refractivity contribution is -0.0219. The molecule has 6 heteroatoms. The van der Waals surface area contributed by atoms with Crippen LogP contribution in [0.5, 0.6) is 0 Å². The van der Waals surface area contributed by atoms with E-state index in [9.17, 15) is 9.50 Å². The number of rotatable bonds is 6. The van der Waals surface area contributed by atoms with Gasteiger partial charge in [0.25, 0.3) is 0 Å². The first-order chi connectivity index (χ1) is 9.98. The Hall–Kier alpha value is -0.720. The highest BCUT2D eigenvalue weighted by molar-refractivity contribution is 6.30. The number of benzene rings is 1. The van der Waals surface area contributed by atoms with E-state index in [1.165, 1.54) is 6.07 Å². The molecule has 1 aromatic carbocycles. The van der Waals surface area contributed by atoms with Gasteiger partial charge in [-0.3, -0.25) is 4.90 Å². The lowest BCUT2D eigenvalue weighted by atomic mass is 10.1. The molecule has 1 saturated heterocycles. The Kier molecular flexibility index (Phi) is 5.96. The van der Waals surface area contributed by atoms with Crippen LogP contribution in [0.15, 0.2) is 18.2 Å². The molecular formula is C15H22ClFN2O2. The summed E-state index contributed by atoms with van der Waals surface area (Å²) in [7, 11) is 0. The molecule has 2 N–H and O–H groups in total. The van der Waals surface area contributed by atoms with Crippen LogP contribution in [0.1, 0.15) is 12.5 Å². The van der Waals surface area contributed by atoms with Crippen LogP contribution in [0.4, 0.5) is 4.39 Å². The first kappa shape index (κ1) is 16.6. The molecule has 0 bridgehead atoms. The summed E-state index contributed by atoms with van der Waals surface area (Å²) in [6.07, 6.45) is 0. The maximum absolute atomic E-state index is 13.7. The van der Waals surface area contributed by atoms with Crippen molar-refractivity contribution in [2.75, 3.05) is 39.4 Å². The van der Waals surface area contributed by atoms with Crippen LogP contribution < -0.4 is 5.32 Å². The van der Waals surface area contributed by atoms with Crippen molar-refractivity contribution < 1.29 is 14.2 Å². The molecule has 1 unspecified atom stereocenters. The predicted octanol–water partition coefficient (Wildman–Crippen LogP) is 1.65. The number of β-amino-alcohol motifs (C(OH)–C–C–N with tert-alkyl or cyclic N) is 1. The summed E-state index contributed by atoms with van der Waals surface area (Å²) in [5, 5.41) is 13.6. The molecule has 1 atom stereocenters. The number of nitrogens with zero attached hydrogens (tertiary/aromatic N) is 1. The minimum atomic E-state index is -0.869. The summed E-state index contributed by atoms with van der Waals surface area (Å²) >= 11 is 5.74. The smallest absolute Gasteiger partial charge is 0.146 e. The normalized spacial score (nSPS) is 19.4. The number of morpholine rings is 1. The van der Waals surface area contributed by atoms with Gasteiger partial charge in [0, 0.05) is 38.3 Å². The summed E-state index contributed by atoms with van der Waals surface area (Å²) in [4.78, 5) is 2.17. The lowest BCUT2D eigenvalue weighted by Crippen LogP contribution is -2.50. The van der Waals surface area contributed by atoms with Crippen LogP contribution in [0.2, 0.25) is 5.02 Å². The fraction of sp³-hybridized carbons (Fsp3) is 0.600. The zero-order valence-electron chi connectivity index (χ0n) is 12.2. The lowest BCUT2D eigenvalue weighted by Gasteiger charge is -2.34. The van der Waals surface area contributed by atoms with Crippen LogP contribution in [-0.2, 0) is 11.3 Å². The van der Waals surface area contributed by atoms with E-state index in [2.05, 4.69) is 10.2 Å². The van der Waals surface area contributed by atoms with E-state index in [4.69, 9.17) is 16.3 Å². The third kappa shape index (κ3) is 5.20. The van der Waals surface area contributed by atoms with Crippen molar-refractivity contribution in [3.63, 3.8) is 0 Å². The molecule has 2 rings (SSSR count). The fourth-order valence-electron chi connectivity index (χ4n) is 2.45. The summed E-state index contributed by atoms with van der Waals surface area (Å²) in [5.41, 5.74) is -0.364. The maximum atomic E-state index is 13.7. The Balaban J connectivity index is 1.79. The van der Waals surface area contributed by atoms with Crippen LogP contribution in [-0.4, -0.2) is 55.0 Å². The van der Waals surface area contributed by atoms with Gasteiger partial charge >= 0.3 is 0 Å². The predicted molar refractivity (Wildman–Crippen MR) is 81.0 cm³/mol. The highest BCUT2D eigenvalue weighted by Gasteiger charge is 2.25. The average Bonchev–Trinajstić information content (AvgIpc) is 2.44. The molecule has 0 spiro atoms. The van der Waals surface area contributed by atoms with E-state index in [1.54, 1.807) is 19.1 Å². The Morgan fingerprint density at radius 1 is 1.43 bits per heavy atom. The Labute approximate surface area is 129 Å². The van der Waals surface area contributed by atoms with Crippen molar-refractivity contribution >= 4 is 11.6 Å². The van der Waals surface area contributed by atoms with Crippen molar-refractivity contribution in [2.24, 2.45) is 0 Å². The molecule has 4 nitrogen and oxygen atoms in total. The minimum Gasteiger partial charge on any atom is -0.388 e. The molecule has 1 heterocycles. The molecule has 0 aliphatic carbocycles. The van der Waals surface area contributed by atoms with Gasteiger partial charge in [0.1, 0.15) is 5.82 Å². The van der Waals surface area contributed by atoms with Crippen molar-refractivity contribution in [3.05, 3.63) is 34.6 Å². The first-order valence-electron chi connectivity index (χ1n) is 7.14. The number of halogens is 2. The standard InChI is InChI=1S/C15H22ClFN2O2/c1-15(20,11-19-5-7-21-8-6-19)10-18-9-12-3-2-4-13(16)14(12)17/h2-4,18,20H,5-11H2,1H3. The molecule has 0 radical (unpaired) electrons. The minimum absolute atomic E-state index is 0.120. The summed E-state index contributed by atoms with van der Waals surface area (Å²) < 4.78 is 19.0. The second-order valence-corrected chi connectivity index (χ2v) is 6.11. The zero-order valence-corrected chi connectivity index (χ0v) is 13.0. The van der Waals surface area contributed by atoms with E-state index < -0.39 is 11.4 Å². The molecule has 1 aliphatic heterocycles. The van der Waals surface area contributed by atoms with Crippen molar-refractivity contribution in [1.29, 1.82) is 0 Å². The van der Waals surface area contributed by atoms with Crippen LogP contribution >= 0.6 is 11.6 Å². The average molecular weight is 317 g/mol. The van der Waals surface area contributed by atoms with Crippen molar-refractivity contribution in [3.8, 4) is 0 Å². The summed E-state index contributed by atoms with van der Waals surface area (Å²) in [6, 6.07) is 4.92. The molecule has 0 amide bonds. The van der Waals surface area contributed by atoms with E-state index in [-0.39, 0.29) is 5.02 Å². The quantitative estimate of drug-likeness (QED) is 0.838. The largest absolute Gasteiger partial charge is 0.388 e. The van der Waals surface area contributed by atoms with Gasteiger partial charge in [-0.15, -0.1) is 0 Å². The van der Waals surface area contributed by atoms with Crippen molar-refractivity contribution in [1.82, 2.24) is 10.2 Å². The third-order valence-electron chi connectivity index (χ3n) is 3.52. The number of aliphatic hydroxyl groups is 1. The van der Waals surface area contributed by atoms with Crippen LogP contribution in [0.25, 0.3) is 0 Å². The van der Waals surface area contributed by atoms with Gasteiger partial charge in [0.2, 0.25) is 0 Å². The third-order valence-corrected chi connectivity index (χ3v) is 3.81. The van der Waals surface area contributed by atoms with Crippen LogP contribution in [0, 0.1) is 5.82 Å². The highest BCUT2D eigenvalue weighted by Crippen LogP contribution is 2.17. The second-order valence-electron chi connectivity index (χ2n) is 5.70. The van der Waals surface area contributed by atoms with Gasteiger partial charge < -0.3 is 15.2 Å². The topological polar surface area (TPSA) is 44.7 Å². The SMILES string of the molecule is CC(O)(CNCc1cccc(Cl)c1F)CN1CCOCC1.